The number of aliphatic hydroxyl groups excluding tert-OH is 1. The molecule has 13 heteroatoms. The fourth-order valence-corrected chi connectivity index (χ4v) is 1.79. The van der Waals surface area contributed by atoms with E-state index in [0.29, 0.717) is 5.65 Å². The monoisotopic (exact) mass is 348 g/mol. The zero-order valence-corrected chi connectivity index (χ0v) is 17.0. The maximum Gasteiger partial charge on any atom is 1.00 e. The van der Waals surface area contributed by atoms with Gasteiger partial charge in [-0.2, -0.15) is 0 Å². The Balaban J connectivity index is 0.00000220. The SMILES string of the molecule is O=c1[nH]cnc2c1ncn2CCOCC(O)P(=O)([O-])[O-].[Na+].[Na+]. The largest absolute Gasteiger partial charge is 1.00 e. The summed E-state index contributed by atoms with van der Waals surface area (Å²) in [5.74, 6) is -2.07. The van der Waals surface area contributed by atoms with Gasteiger partial charge in [-0.25, -0.2) is 9.97 Å². The molecule has 0 spiro atoms. The molecule has 2 heterocycles. The molecule has 110 valence electrons. The molecule has 0 radical (unpaired) electrons. The average molecular weight is 348 g/mol. The number of H-pyrrole nitrogens is 1. The summed E-state index contributed by atoms with van der Waals surface area (Å²) in [5, 5.41) is 8.96. The van der Waals surface area contributed by atoms with E-state index in [4.69, 9.17) is 9.84 Å². The van der Waals surface area contributed by atoms with Crippen LogP contribution in [-0.2, 0) is 15.8 Å². The molecule has 10 nitrogen and oxygen atoms in total. The summed E-state index contributed by atoms with van der Waals surface area (Å²) in [6.07, 6.45) is 2.62. The van der Waals surface area contributed by atoms with E-state index in [1.54, 1.807) is 0 Å². The van der Waals surface area contributed by atoms with Crippen LogP contribution < -0.4 is 74.5 Å². The van der Waals surface area contributed by atoms with Crippen LogP contribution in [0.4, 0.5) is 0 Å². The third-order valence-corrected chi connectivity index (χ3v) is 3.40. The zero-order valence-electron chi connectivity index (χ0n) is 12.1. The van der Waals surface area contributed by atoms with Crippen LogP contribution in [0.15, 0.2) is 17.4 Å². The molecule has 0 saturated heterocycles. The van der Waals surface area contributed by atoms with Gasteiger partial charge in [0.15, 0.2) is 11.2 Å². The Labute approximate surface area is 169 Å². The van der Waals surface area contributed by atoms with Crippen molar-refractivity contribution in [3.8, 4) is 0 Å². The minimum Gasteiger partial charge on any atom is -0.809 e. The van der Waals surface area contributed by atoms with Crippen LogP contribution in [0.2, 0.25) is 0 Å². The summed E-state index contributed by atoms with van der Waals surface area (Å²) in [4.78, 5) is 42.5. The molecule has 0 saturated carbocycles. The first kappa shape index (κ1) is 22.4. The molecular formula is C9H11N4Na2O6P. The second-order valence-electron chi connectivity index (χ2n) is 3.94. The third kappa shape index (κ3) is 5.81. The van der Waals surface area contributed by atoms with Crippen molar-refractivity contribution < 1.29 is 83.3 Å². The van der Waals surface area contributed by atoms with E-state index < -0.39 is 20.0 Å². The summed E-state index contributed by atoms with van der Waals surface area (Å²) in [5.41, 5.74) is 0.163. The minimum atomic E-state index is -5.05. The molecule has 2 rings (SSSR count). The third-order valence-electron chi connectivity index (χ3n) is 2.52. The second kappa shape index (κ2) is 9.65. The Bertz CT molecular complexity index is 701. The number of nitrogens with one attached hydrogen (secondary N) is 1. The van der Waals surface area contributed by atoms with E-state index in [9.17, 15) is 19.1 Å². The number of aromatic nitrogens is 4. The van der Waals surface area contributed by atoms with Crippen molar-refractivity contribution in [2.24, 2.45) is 0 Å². The summed E-state index contributed by atoms with van der Waals surface area (Å²) in [6.45, 7) is -0.344. The average Bonchev–Trinajstić information content (AvgIpc) is 2.78. The van der Waals surface area contributed by atoms with E-state index in [1.165, 1.54) is 17.2 Å². The van der Waals surface area contributed by atoms with Gasteiger partial charge in [-0.3, -0.25) is 4.79 Å². The molecule has 0 aliphatic rings. The number of imidazole rings is 1. The van der Waals surface area contributed by atoms with Crippen LogP contribution in [0, 0.1) is 0 Å². The van der Waals surface area contributed by atoms with Gasteiger partial charge in [0.1, 0.15) is 5.85 Å². The van der Waals surface area contributed by atoms with Gasteiger partial charge >= 0.3 is 59.1 Å². The molecule has 0 bridgehead atoms. The van der Waals surface area contributed by atoms with Crippen molar-refractivity contribution in [3.05, 3.63) is 23.0 Å². The molecule has 2 aromatic heterocycles. The fourth-order valence-electron chi connectivity index (χ4n) is 1.50. The van der Waals surface area contributed by atoms with Crippen LogP contribution in [0.1, 0.15) is 0 Å². The summed E-state index contributed by atoms with van der Waals surface area (Å²) < 4.78 is 16.9. The zero-order chi connectivity index (χ0) is 14.8. The maximum absolute atomic E-state index is 11.4. The number of nitrogens with zero attached hydrogens (tertiary/aromatic N) is 3. The van der Waals surface area contributed by atoms with Gasteiger partial charge < -0.3 is 33.7 Å². The molecule has 0 amide bonds. The van der Waals surface area contributed by atoms with Crippen LogP contribution >= 0.6 is 7.60 Å². The Morgan fingerprint density at radius 1 is 1.41 bits per heavy atom. The van der Waals surface area contributed by atoms with Crippen molar-refractivity contribution in [2.45, 2.75) is 12.4 Å². The summed E-state index contributed by atoms with van der Waals surface area (Å²) in [6, 6.07) is 0. The Kier molecular flexibility index (Phi) is 9.84. The van der Waals surface area contributed by atoms with Gasteiger partial charge in [-0.15, -0.1) is 0 Å². The Hall–Kier alpha value is 0.420. The number of fused-ring (bicyclic) bond motifs is 1. The van der Waals surface area contributed by atoms with Crippen molar-refractivity contribution in [1.82, 2.24) is 19.5 Å². The summed E-state index contributed by atoms with van der Waals surface area (Å²) in [7, 11) is -5.05. The maximum atomic E-state index is 11.4. The molecule has 2 N–H and O–H groups in total. The number of ether oxygens (including phenoxy) is 1. The first-order valence-corrected chi connectivity index (χ1v) is 7.17. The van der Waals surface area contributed by atoms with Crippen molar-refractivity contribution >= 4 is 18.8 Å². The molecule has 22 heavy (non-hydrogen) atoms. The molecule has 0 fully saturated rings. The van der Waals surface area contributed by atoms with Crippen LogP contribution in [0.5, 0.6) is 0 Å². The molecular weight excluding hydrogens is 337 g/mol. The number of hydrogen-bond donors (Lipinski definition) is 2. The molecule has 0 aliphatic carbocycles. The van der Waals surface area contributed by atoms with Crippen molar-refractivity contribution in [3.63, 3.8) is 0 Å². The van der Waals surface area contributed by atoms with Gasteiger partial charge in [0.05, 0.1) is 25.9 Å². The first-order chi connectivity index (χ1) is 9.39. The predicted molar refractivity (Wildman–Crippen MR) is 62.6 cm³/mol. The van der Waals surface area contributed by atoms with E-state index in [0.717, 1.165) is 0 Å². The number of aromatic amines is 1. The second-order valence-corrected chi connectivity index (χ2v) is 5.61. The molecule has 1 atom stereocenters. The van der Waals surface area contributed by atoms with E-state index in [1.807, 2.05) is 0 Å². The van der Waals surface area contributed by atoms with Gasteiger partial charge in [0.25, 0.3) is 5.56 Å². The molecule has 0 aliphatic heterocycles. The predicted octanol–water partition coefficient (Wildman–Crippen LogP) is -8.62. The number of hydrogen-bond acceptors (Lipinski definition) is 8. The smallest absolute Gasteiger partial charge is 0.809 e. The van der Waals surface area contributed by atoms with Crippen molar-refractivity contribution in [2.75, 3.05) is 13.2 Å². The van der Waals surface area contributed by atoms with Crippen LogP contribution in [0.25, 0.3) is 11.2 Å². The number of rotatable bonds is 6. The minimum absolute atomic E-state index is 0. The Morgan fingerprint density at radius 2 is 2.09 bits per heavy atom. The normalized spacial score (nSPS) is 12.5. The van der Waals surface area contributed by atoms with Gasteiger partial charge in [-0.1, -0.05) is 0 Å². The van der Waals surface area contributed by atoms with Crippen LogP contribution in [-0.4, -0.2) is 43.7 Å². The topological polar surface area (TPSA) is 156 Å². The van der Waals surface area contributed by atoms with Crippen LogP contribution in [0.3, 0.4) is 0 Å². The number of aliphatic hydroxyl groups is 1. The standard InChI is InChI=1S/C9H13N4O6P.2Na/c14-6(20(16,17)18)3-19-2-1-13-5-12-7-8(13)10-4-11-9(7)15;;/h4-6,14H,1-3H2,(H,10,11,15)(H2,16,17,18);;/q;2*+1/p-2. The van der Waals surface area contributed by atoms with Crippen molar-refractivity contribution in [1.29, 1.82) is 0 Å². The van der Waals surface area contributed by atoms with Gasteiger partial charge in [0, 0.05) is 6.54 Å². The van der Waals surface area contributed by atoms with E-state index in [2.05, 4.69) is 15.0 Å². The van der Waals surface area contributed by atoms with Gasteiger partial charge in [-0.05, 0) is 7.60 Å². The molecule has 1 unspecified atom stereocenters. The van der Waals surface area contributed by atoms with E-state index in [-0.39, 0.29) is 83.3 Å². The summed E-state index contributed by atoms with van der Waals surface area (Å²) >= 11 is 0. The van der Waals surface area contributed by atoms with Gasteiger partial charge in [0.2, 0.25) is 0 Å². The first-order valence-electron chi connectivity index (χ1n) is 5.55. The molecule has 0 aromatic carbocycles. The van der Waals surface area contributed by atoms with E-state index >= 15 is 0 Å². The fraction of sp³-hybridized carbons (Fsp3) is 0.444. The Morgan fingerprint density at radius 3 is 2.73 bits per heavy atom. The quantitative estimate of drug-likeness (QED) is 0.296. The molecule has 2 aromatic rings.